The molecule has 0 aliphatic heterocycles. The van der Waals surface area contributed by atoms with Crippen LogP contribution in [0.2, 0.25) is 0 Å². The van der Waals surface area contributed by atoms with Crippen LogP contribution in [0.1, 0.15) is 118 Å². The van der Waals surface area contributed by atoms with E-state index in [4.69, 9.17) is 5.73 Å². The Labute approximate surface area is 151 Å². The van der Waals surface area contributed by atoms with Crippen LogP contribution in [0.25, 0.3) is 0 Å². The number of nitrogens with two attached hydrogens (primary N) is 1. The number of aromatic amines is 1. The largest absolute Gasteiger partial charge is 0.363 e. The van der Waals surface area contributed by atoms with Crippen molar-refractivity contribution in [2.45, 2.75) is 96.8 Å². The fraction of sp³-hybridized carbons (Fsp3) is 0.789. The molecule has 0 saturated heterocycles. The van der Waals surface area contributed by atoms with Crippen LogP contribution in [-0.2, 0) is 0 Å². The van der Waals surface area contributed by atoms with Crippen molar-refractivity contribution in [3.05, 3.63) is 11.6 Å². The topological polar surface area (TPSA) is 102 Å². The van der Waals surface area contributed by atoms with Crippen LogP contribution in [0.4, 0.5) is 0 Å². The molecular weight excluding hydrogens is 316 g/mol. The molecule has 0 aromatic carbocycles. The first kappa shape index (κ1) is 21.3. The number of rotatable bonds is 16. The molecule has 0 saturated carbocycles. The number of carbonyl (C=O) groups excluding carboxylic acids is 2. The Bertz CT molecular complexity index is 499. The predicted molar refractivity (Wildman–Crippen MR) is 99.5 cm³/mol. The molecule has 0 unspecified atom stereocenters. The van der Waals surface area contributed by atoms with Crippen molar-refractivity contribution in [1.82, 2.24) is 15.2 Å². The van der Waals surface area contributed by atoms with E-state index in [9.17, 15) is 9.59 Å². The molecule has 25 heavy (non-hydrogen) atoms. The summed E-state index contributed by atoms with van der Waals surface area (Å²) in [6, 6.07) is 0. The first-order valence-electron chi connectivity index (χ1n) is 9.90. The van der Waals surface area contributed by atoms with Crippen LogP contribution >= 0.6 is 0 Å². The number of hydrogen-bond acceptors (Lipinski definition) is 4. The molecule has 0 atom stereocenters. The summed E-state index contributed by atoms with van der Waals surface area (Å²) in [7, 11) is 0. The Morgan fingerprint density at radius 2 is 1.32 bits per heavy atom. The van der Waals surface area contributed by atoms with Gasteiger partial charge in [-0.1, -0.05) is 84.0 Å². The maximum atomic E-state index is 11.9. The van der Waals surface area contributed by atoms with E-state index in [0.717, 1.165) is 12.8 Å². The number of Topliss-reactive ketones (excluding diaryl/α,β-unsaturated/α-hetero) is 1. The Kier molecular flexibility index (Phi) is 11.6. The van der Waals surface area contributed by atoms with E-state index in [2.05, 4.69) is 22.1 Å². The van der Waals surface area contributed by atoms with E-state index in [1.54, 1.807) is 0 Å². The summed E-state index contributed by atoms with van der Waals surface area (Å²) in [5.74, 6) is -0.833. The monoisotopic (exact) mass is 350 g/mol. The SMILES string of the molecule is CCCCCCCCCCCCCCCC(=O)c1n[nH]c(C(N)=O)n1. The Morgan fingerprint density at radius 3 is 1.76 bits per heavy atom. The lowest BCUT2D eigenvalue weighted by Crippen LogP contribution is -2.13. The van der Waals surface area contributed by atoms with Gasteiger partial charge in [-0.2, -0.15) is 4.98 Å². The molecule has 0 aliphatic rings. The number of unbranched alkanes of at least 4 members (excludes halogenated alkanes) is 12. The second kappa shape index (κ2) is 13.6. The average molecular weight is 351 g/mol. The van der Waals surface area contributed by atoms with Gasteiger partial charge in [-0.05, 0) is 6.42 Å². The minimum absolute atomic E-state index is 0.0614. The molecule has 0 bridgehead atoms. The zero-order chi connectivity index (χ0) is 18.3. The van der Waals surface area contributed by atoms with Crippen LogP contribution in [0.5, 0.6) is 0 Å². The van der Waals surface area contributed by atoms with E-state index in [0.29, 0.717) is 6.42 Å². The molecule has 1 heterocycles. The third kappa shape index (κ3) is 9.99. The van der Waals surface area contributed by atoms with E-state index in [1.165, 1.54) is 70.6 Å². The van der Waals surface area contributed by atoms with Gasteiger partial charge in [0.25, 0.3) is 5.91 Å². The molecule has 1 aromatic rings. The number of nitrogens with zero attached hydrogens (tertiary/aromatic N) is 2. The molecule has 0 fully saturated rings. The Balaban J connectivity index is 1.91. The predicted octanol–water partition coefficient (Wildman–Crippen LogP) is 4.57. The molecule has 1 rings (SSSR count). The van der Waals surface area contributed by atoms with Crippen molar-refractivity contribution < 1.29 is 9.59 Å². The summed E-state index contributed by atoms with van der Waals surface area (Å²) >= 11 is 0. The van der Waals surface area contributed by atoms with E-state index < -0.39 is 5.91 Å². The number of carbonyl (C=O) groups is 2. The zero-order valence-electron chi connectivity index (χ0n) is 15.7. The highest BCUT2D eigenvalue weighted by Gasteiger charge is 2.14. The standard InChI is InChI=1S/C19H34N4O2/c1-2-3-4-5-6-7-8-9-10-11-12-13-14-15-16(24)18-21-19(17(20)25)23-22-18/h2-15H2,1H3,(H2,20,25)(H,21,22,23). The summed E-state index contributed by atoms with van der Waals surface area (Å²) in [5, 5.41) is 6.11. The van der Waals surface area contributed by atoms with Gasteiger partial charge in [-0.3, -0.25) is 14.7 Å². The number of ketones is 1. The number of hydrogen-bond donors (Lipinski definition) is 2. The highest BCUT2D eigenvalue weighted by atomic mass is 16.1. The second-order valence-electron chi connectivity index (χ2n) is 6.79. The highest BCUT2D eigenvalue weighted by molar-refractivity contribution is 5.94. The van der Waals surface area contributed by atoms with Crippen molar-refractivity contribution >= 4 is 11.7 Å². The number of H-pyrrole nitrogens is 1. The molecule has 6 heteroatoms. The van der Waals surface area contributed by atoms with Gasteiger partial charge >= 0.3 is 0 Å². The van der Waals surface area contributed by atoms with Crippen LogP contribution in [0, 0.1) is 0 Å². The minimum atomic E-state index is -0.701. The van der Waals surface area contributed by atoms with Crippen molar-refractivity contribution in [1.29, 1.82) is 0 Å². The van der Waals surface area contributed by atoms with Crippen LogP contribution in [-0.4, -0.2) is 26.9 Å². The molecule has 142 valence electrons. The summed E-state index contributed by atoms with van der Waals surface area (Å²) in [4.78, 5) is 26.6. The van der Waals surface area contributed by atoms with Gasteiger partial charge in [0, 0.05) is 6.42 Å². The first-order valence-corrected chi connectivity index (χ1v) is 9.90. The van der Waals surface area contributed by atoms with Crippen LogP contribution in [0.3, 0.4) is 0 Å². The van der Waals surface area contributed by atoms with Crippen molar-refractivity contribution in [2.24, 2.45) is 5.73 Å². The molecular formula is C19H34N4O2. The quantitative estimate of drug-likeness (QED) is 0.337. The molecule has 1 amide bonds. The minimum Gasteiger partial charge on any atom is -0.363 e. The number of aromatic nitrogens is 3. The van der Waals surface area contributed by atoms with Gasteiger partial charge in [0.2, 0.25) is 17.4 Å². The summed E-state index contributed by atoms with van der Waals surface area (Å²) < 4.78 is 0. The lowest BCUT2D eigenvalue weighted by Gasteiger charge is -2.02. The summed E-state index contributed by atoms with van der Waals surface area (Å²) in [6.45, 7) is 2.25. The van der Waals surface area contributed by atoms with E-state index in [1.807, 2.05) is 0 Å². The van der Waals surface area contributed by atoms with Crippen LogP contribution in [0.15, 0.2) is 0 Å². The van der Waals surface area contributed by atoms with Crippen molar-refractivity contribution in [2.75, 3.05) is 0 Å². The summed E-state index contributed by atoms with van der Waals surface area (Å²) in [5.41, 5.74) is 5.07. The fourth-order valence-electron chi connectivity index (χ4n) is 2.91. The van der Waals surface area contributed by atoms with Gasteiger partial charge in [-0.15, -0.1) is 5.10 Å². The molecule has 1 aromatic heterocycles. The molecule has 0 spiro atoms. The second-order valence-corrected chi connectivity index (χ2v) is 6.79. The molecule has 0 radical (unpaired) electrons. The Hall–Kier alpha value is -1.72. The third-order valence-electron chi connectivity index (χ3n) is 4.48. The van der Waals surface area contributed by atoms with Crippen LogP contribution < -0.4 is 5.73 Å². The van der Waals surface area contributed by atoms with Crippen molar-refractivity contribution in [3.63, 3.8) is 0 Å². The number of nitrogens with one attached hydrogen (secondary N) is 1. The van der Waals surface area contributed by atoms with Gasteiger partial charge in [0.15, 0.2) is 0 Å². The fourth-order valence-corrected chi connectivity index (χ4v) is 2.91. The maximum Gasteiger partial charge on any atom is 0.286 e. The lowest BCUT2D eigenvalue weighted by atomic mass is 10.0. The molecule has 6 nitrogen and oxygen atoms in total. The van der Waals surface area contributed by atoms with Crippen molar-refractivity contribution in [3.8, 4) is 0 Å². The normalized spacial score (nSPS) is 10.9. The van der Waals surface area contributed by atoms with E-state index in [-0.39, 0.29) is 17.4 Å². The molecule has 3 N–H and O–H groups in total. The number of amides is 1. The first-order chi connectivity index (χ1) is 12.1. The molecule has 0 aliphatic carbocycles. The van der Waals surface area contributed by atoms with Gasteiger partial charge in [-0.25, -0.2) is 0 Å². The summed E-state index contributed by atoms with van der Waals surface area (Å²) in [6.07, 6.45) is 17.0. The zero-order valence-corrected chi connectivity index (χ0v) is 15.7. The van der Waals surface area contributed by atoms with E-state index >= 15 is 0 Å². The smallest absolute Gasteiger partial charge is 0.286 e. The maximum absolute atomic E-state index is 11.9. The Morgan fingerprint density at radius 1 is 0.840 bits per heavy atom. The third-order valence-corrected chi connectivity index (χ3v) is 4.48. The highest BCUT2D eigenvalue weighted by Crippen LogP contribution is 2.13. The van der Waals surface area contributed by atoms with Gasteiger partial charge < -0.3 is 5.73 Å². The average Bonchev–Trinajstić information content (AvgIpc) is 3.09. The van der Waals surface area contributed by atoms with Gasteiger partial charge in [0.1, 0.15) is 0 Å². The van der Waals surface area contributed by atoms with Gasteiger partial charge in [0.05, 0.1) is 0 Å². The lowest BCUT2D eigenvalue weighted by molar-refractivity contribution is 0.0969. The number of primary amides is 1.